The lowest BCUT2D eigenvalue weighted by atomic mass is 10.00. The molecule has 2 aromatic carbocycles. The Morgan fingerprint density at radius 2 is 2.06 bits per heavy atom. The number of amides is 1. The van der Waals surface area contributed by atoms with E-state index in [0.29, 0.717) is 36.4 Å². The van der Waals surface area contributed by atoms with Crippen LogP contribution in [0, 0.1) is 11.6 Å². The summed E-state index contributed by atoms with van der Waals surface area (Å²) in [6.07, 6.45) is 1.28. The van der Waals surface area contributed by atoms with E-state index in [-0.39, 0.29) is 47.0 Å². The van der Waals surface area contributed by atoms with E-state index in [4.69, 9.17) is 16.3 Å². The molecule has 2 aliphatic rings. The van der Waals surface area contributed by atoms with Gasteiger partial charge in [-0.05, 0) is 31.2 Å². The minimum atomic E-state index is -0.786. The summed E-state index contributed by atoms with van der Waals surface area (Å²) in [6, 6.07) is 4.73. The number of anilines is 1. The molecule has 0 spiro atoms. The summed E-state index contributed by atoms with van der Waals surface area (Å²) in [7, 11) is 0. The van der Waals surface area contributed by atoms with Crippen LogP contribution in [0.4, 0.5) is 14.6 Å². The third kappa shape index (κ3) is 3.51. The number of nitrogens with zero attached hydrogens (tertiary/aromatic N) is 4. The zero-order valence-electron chi connectivity index (χ0n) is 18.4. The molecular formula is C24H21ClF2N4O3. The molecule has 176 valence electrons. The van der Waals surface area contributed by atoms with E-state index in [1.165, 1.54) is 16.7 Å². The normalized spacial score (nSPS) is 17.6. The average molecular weight is 487 g/mol. The number of carbonyl (C=O) groups is 1. The predicted octanol–water partition coefficient (Wildman–Crippen LogP) is 3.61. The highest BCUT2D eigenvalue weighted by Gasteiger charge is 2.31. The third-order valence-electron chi connectivity index (χ3n) is 6.30. The van der Waals surface area contributed by atoms with Crippen molar-refractivity contribution in [3.63, 3.8) is 0 Å². The van der Waals surface area contributed by atoms with Crippen molar-refractivity contribution in [2.45, 2.75) is 19.5 Å². The van der Waals surface area contributed by atoms with Crippen LogP contribution in [0.1, 0.15) is 6.92 Å². The summed E-state index contributed by atoms with van der Waals surface area (Å²) in [5.74, 6) is -0.966. The number of benzene rings is 2. The lowest BCUT2D eigenvalue weighted by Gasteiger charge is -2.40. The Balaban J connectivity index is 1.71. The van der Waals surface area contributed by atoms with Crippen molar-refractivity contribution < 1.29 is 18.3 Å². The van der Waals surface area contributed by atoms with Crippen molar-refractivity contribution in [1.29, 1.82) is 0 Å². The minimum absolute atomic E-state index is 0.0764. The fourth-order valence-corrected chi connectivity index (χ4v) is 5.01. The van der Waals surface area contributed by atoms with Gasteiger partial charge in [0.25, 0.3) is 0 Å². The minimum Gasteiger partial charge on any atom is -0.489 e. The molecule has 0 N–H and O–H groups in total. The fourth-order valence-electron chi connectivity index (χ4n) is 4.71. The van der Waals surface area contributed by atoms with E-state index in [9.17, 15) is 18.4 Å². The summed E-state index contributed by atoms with van der Waals surface area (Å²) in [4.78, 5) is 33.1. The van der Waals surface area contributed by atoms with Crippen molar-refractivity contribution in [2.24, 2.45) is 0 Å². The van der Waals surface area contributed by atoms with E-state index in [2.05, 4.69) is 11.6 Å². The Hall–Kier alpha value is -3.46. The van der Waals surface area contributed by atoms with Crippen molar-refractivity contribution >= 4 is 34.2 Å². The van der Waals surface area contributed by atoms with E-state index >= 15 is 0 Å². The first kappa shape index (κ1) is 22.3. The van der Waals surface area contributed by atoms with Crippen LogP contribution in [0.3, 0.4) is 0 Å². The first-order chi connectivity index (χ1) is 16.3. The largest absolute Gasteiger partial charge is 0.489 e. The Morgan fingerprint density at radius 3 is 2.76 bits per heavy atom. The van der Waals surface area contributed by atoms with Crippen molar-refractivity contribution in [3.8, 4) is 16.9 Å². The molecule has 1 aromatic heterocycles. The Labute approximate surface area is 198 Å². The zero-order chi connectivity index (χ0) is 24.1. The molecule has 1 saturated heterocycles. The molecule has 1 unspecified atom stereocenters. The van der Waals surface area contributed by atoms with Crippen LogP contribution in [0.2, 0.25) is 5.02 Å². The van der Waals surface area contributed by atoms with Crippen molar-refractivity contribution in [1.82, 2.24) is 14.5 Å². The van der Waals surface area contributed by atoms with E-state index in [1.807, 2.05) is 11.8 Å². The maximum atomic E-state index is 14.7. The molecule has 7 nitrogen and oxygen atoms in total. The van der Waals surface area contributed by atoms with Crippen LogP contribution in [0.15, 0.2) is 41.7 Å². The van der Waals surface area contributed by atoms with Crippen molar-refractivity contribution in [2.75, 3.05) is 31.1 Å². The first-order valence-electron chi connectivity index (χ1n) is 10.8. The first-order valence-corrected chi connectivity index (χ1v) is 11.2. The van der Waals surface area contributed by atoms with E-state index in [0.717, 1.165) is 12.1 Å². The van der Waals surface area contributed by atoms with Crippen LogP contribution in [-0.2, 0) is 11.3 Å². The van der Waals surface area contributed by atoms with Gasteiger partial charge in [0, 0.05) is 48.3 Å². The van der Waals surface area contributed by atoms with Gasteiger partial charge in [0.1, 0.15) is 24.1 Å². The standard InChI is InChI=1S/C24H21ClF2N4O3/c1-3-19(32)29-6-7-30(13(2)12-29)23-16-11-17(25)20(15-5-4-14(26)10-18(15)27)22-21(16)31(8-9-34-22)24(33)28-23/h3-5,10-11,13H,1,6-9,12H2,2H3. The van der Waals surface area contributed by atoms with Gasteiger partial charge < -0.3 is 14.5 Å². The molecule has 3 heterocycles. The molecular weight excluding hydrogens is 466 g/mol. The van der Waals surface area contributed by atoms with Crippen LogP contribution >= 0.6 is 11.6 Å². The molecule has 2 aliphatic heterocycles. The molecule has 0 saturated carbocycles. The molecule has 0 radical (unpaired) electrons. The molecule has 1 atom stereocenters. The summed E-state index contributed by atoms with van der Waals surface area (Å²) >= 11 is 6.64. The fraction of sp³-hybridized carbons (Fsp3) is 0.292. The monoisotopic (exact) mass is 486 g/mol. The van der Waals surface area contributed by atoms with Crippen LogP contribution in [0.25, 0.3) is 22.0 Å². The van der Waals surface area contributed by atoms with Gasteiger partial charge >= 0.3 is 5.69 Å². The lowest BCUT2D eigenvalue weighted by molar-refractivity contribution is -0.126. The maximum absolute atomic E-state index is 14.7. The van der Waals surface area contributed by atoms with Gasteiger partial charge in [0.2, 0.25) is 5.91 Å². The highest BCUT2D eigenvalue weighted by Crippen LogP contribution is 2.46. The van der Waals surface area contributed by atoms with E-state index in [1.54, 1.807) is 11.0 Å². The number of aromatic nitrogens is 2. The van der Waals surface area contributed by atoms with Gasteiger partial charge in [-0.1, -0.05) is 18.2 Å². The average Bonchev–Trinajstić information content (AvgIpc) is 2.81. The highest BCUT2D eigenvalue weighted by molar-refractivity contribution is 6.35. The lowest BCUT2D eigenvalue weighted by Crippen LogP contribution is -2.54. The second kappa shape index (κ2) is 8.39. The Kier molecular flexibility index (Phi) is 5.51. The summed E-state index contributed by atoms with van der Waals surface area (Å²) < 4.78 is 35.6. The third-order valence-corrected chi connectivity index (χ3v) is 6.60. The maximum Gasteiger partial charge on any atom is 0.350 e. The number of halogens is 3. The Morgan fingerprint density at radius 1 is 1.26 bits per heavy atom. The number of piperazine rings is 1. The van der Waals surface area contributed by atoms with Crippen LogP contribution in [0.5, 0.6) is 5.75 Å². The van der Waals surface area contributed by atoms with Crippen molar-refractivity contribution in [3.05, 3.63) is 64.1 Å². The van der Waals surface area contributed by atoms with Gasteiger partial charge in [0.05, 0.1) is 17.1 Å². The number of hydrogen-bond acceptors (Lipinski definition) is 5. The SMILES string of the molecule is C=CC(=O)N1CCN(c2nc(=O)n3c4c(c(-c5ccc(F)cc5F)c(Cl)cc24)OCC3)C(C)C1. The Bertz CT molecular complexity index is 1410. The zero-order valence-corrected chi connectivity index (χ0v) is 19.1. The van der Waals surface area contributed by atoms with Gasteiger partial charge in [-0.3, -0.25) is 9.36 Å². The van der Waals surface area contributed by atoms with E-state index < -0.39 is 17.3 Å². The highest BCUT2D eigenvalue weighted by atomic mass is 35.5. The molecule has 5 rings (SSSR count). The molecule has 1 fully saturated rings. The van der Waals surface area contributed by atoms with Gasteiger partial charge in [0.15, 0.2) is 5.75 Å². The number of rotatable bonds is 3. The van der Waals surface area contributed by atoms with Crippen LogP contribution in [-0.4, -0.2) is 52.6 Å². The second-order valence-electron chi connectivity index (χ2n) is 8.33. The molecule has 0 aliphatic carbocycles. The summed E-state index contributed by atoms with van der Waals surface area (Å²) in [5, 5.41) is 0.775. The topological polar surface area (TPSA) is 67.7 Å². The smallest absolute Gasteiger partial charge is 0.350 e. The van der Waals surface area contributed by atoms with Crippen LogP contribution < -0.4 is 15.3 Å². The van der Waals surface area contributed by atoms with Gasteiger partial charge in [-0.2, -0.15) is 4.98 Å². The molecule has 10 heteroatoms. The molecule has 3 aromatic rings. The number of carbonyl (C=O) groups excluding carboxylic acids is 1. The van der Waals surface area contributed by atoms with Gasteiger partial charge in [-0.15, -0.1) is 0 Å². The molecule has 34 heavy (non-hydrogen) atoms. The van der Waals surface area contributed by atoms with Gasteiger partial charge in [-0.25, -0.2) is 13.6 Å². The predicted molar refractivity (Wildman–Crippen MR) is 125 cm³/mol. The molecule has 0 bridgehead atoms. The number of ether oxygens (including phenoxy) is 1. The number of hydrogen-bond donors (Lipinski definition) is 0. The summed E-state index contributed by atoms with van der Waals surface area (Å²) in [5.41, 5.74) is 0.330. The molecule has 1 amide bonds. The quantitative estimate of drug-likeness (QED) is 0.529. The summed E-state index contributed by atoms with van der Waals surface area (Å²) in [6.45, 7) is 7.27. The second-order valence-corrected chi connectivity index (χ2v) is 8.74.